The standard InChI is InChI=1S/C9H10O2.C8H8O2.CH4O.ClH/c1-7-3-5-8(6-4-7)9(10)11-2;1-6-2-4-7(5-3-6)8(9)10;1-2;/h3-6H,1-2H3;2-5H,1H3,(H,9,10);2H,1H3;1H. The molecule has 2 rings (SSSR count). The maximum Gasteiger partial charge on any atom is 0.337 e. The molecule has 0 aliphatic heterocycles. The average Bonchev–Trinajstić information content (AvgIpc) is 2.57. The van der Waals surface area contributed by atoms with Crippen LogP contribution >= 0.6 is 12.4 Å². The number of hydrogen-bond donors (Lipinski definition) is 2. The molecule has 0 fully saturated rings. The van der Waals surface area contributed by atoms with Gasteiger partial charge in [0.1, 0.15) is 0 Å². The number of halogens is 1. The predicted molar refractivity (Wildman–Crippen MR) is 96.0 cm³/mol. The van der Waals surface area contributed by atoms with E-state index in [0.29, 0.717) is 11.1 Å². The molecule has 5 nitrogen and oxygen atoms in total. The Labute approximate surface area is 148 Å². The van der Waals surface area contributed by atoms with Gasteiger partial charge in [0.25, 0.3) is 0 Å². The summed E-state index contributed by atoms with van der Waals surface area (Å²) in [5.74, 6) is -1.16. The van der Waals surface area contributed by atoms with Crippen molar-refractivity contribution in [1.29, 1.82) is 0 Å². The summed E-state index contributed by atoms with van der Waals surface area (Å²) in [7, 11) is 2.38. The Morgan fingerprint density at radius 2 is 1.12 bits per heavy atom. The van der Waals surface area contributed by atoms with Crippen LogP contribution in [0, 0.1) is 13.8 Å². The van der Waals surface area contributed by atoms with Crippen molar-refractivity contribution in [2.24, 2.45) is 0 Å². The van der Waals surface area contributed by atoms with Crippen LogP contribution in [0.4, 0.5) is 0 Å². The lowest BCUT2D eigenvalue weighted by Crippen LogP contribution is -2.00. The Bertz CT molecular complexity index is 606. The zero-order chi connectivity index (χ0) is 17.8. The minimum absolute atomic E-state index is 0. The number of aryl methyl sites for hydroxylation is 2. The number of aliphatic hydroxyl groups excluding tert-OH is 1. The number of carbonyl (C=O) groups excluding carboxylic acids is 1. The molecule has 0 atom stereocenters. The molecule has 0 aliphatic rings. The number of carbonyl (C=O) groups is 2. The molecule has 0 saturated heterocycles. The lowest BCUT2D eigenvalue weighted by atomic mass is 10.2. The maximum atomic E-state index is 10.9. The quantitative estimate of drug-likeness (QED) is 0.806. The number of methoxy groups -OCH3 is 1. The van der Waals surface area contributed by atoms with E-state index in [1.165, 1.54) is 7.11 Å². The summed E-state index contributed by atoms with van der Waals surface area (Å²) in [6.45, 7) is 3.90. The Kier molecular flexibility index (Phi) is 13.0. The molecular weight excluding hydrogens is 332 g/mol. The molecule has 2 N–H and O–H groups in total. The van der Waals surface area contributed by atoms with Crippen LogP contribution in [0.1, 0.15) is 31.8 Å². The van der Waals surface area contributed by atoms with Gasteiger partial charge < -0.3 is 14.9 Å². The SMILES string of the molecule is CO.COC(=O)c1ccc(C)cc1.Cc1ccc(C(=O)O)cc1.Cl. The van der Waals surface area contributed by atoms with Crippen LogP contribution in [0.5, 0.6) is 0 Å². The van der Waals surface area contributed by atoms with Crippen molar-refractivity contribution in [3.8, 4) is 0 Å². The monoisotopic (exact) mass is 354 g/mol. The highest BCUT2D eigenvalue weighted by molar-refractivity contribution is 5.89. The second-order valence-corrected chi connectivity index (χ2v) is 4.53. The van der Waals surface area contributed by atoms with E-state index >= 15 is 0 Å². The molecule has 0 saturated carbocycles. The van der Waals surface area contributed by atoms with Gasteiger partial charge >= 0.3 is 11.9 Å². The van der Waals surface area contributed by atoms with Gasteiger partial charge in [-0.1, -0.05) is 35.4 Å². The van der Waals surface area contributed by atoms with Gasteiger partial charge in [-0.3, -0.25) is 0 Å². The van der Waals surface area contributed by atoms with Gasteiger partial charge in [-0.25, -0.2) is 9.59 Å². The van der Waals surface area contributed by atoms with Crippen LogP contribution in [0.25, 0.3) is 0 Å². The summed E-state index contributed by atoms with van der Waals surface area (Å²) < 4.78 is 4.54. The highest BCUT2D eigenvalue weighted by Crippen LogP contribution is 2.03. The van der Waals surface area contributed by atoms with Crippen molar-refractivity contribution in [3.05, 3.63) is 70.8 Å². The number of rotatable bonds is 2. The summed E-state index contributed by atoms with van der Waals surface area (Å²) in [6.07, 6.45) is 0. The Morgan fingerprint density at radius 3 is 1.42 bits per heavy atom. The van der Waals surface area contributed by atoms with E-state index in [9.17, 15) is 9.59 Å². The first kappa shape index (κ1) is 23.9. The fourth-order valence-corrected chi connectivity index (χ4v) is 1.50. The molecule has 0 unspecified atom stereocenters. The summed E-state index contributed by atoms with van der Waals surface area (Å²) in [4.78, 5) is 21.2. The van der Waals surface area contributed by atoms with Crippen molar-refractivity contribution in [2.45, 2.75) is 13.8 Å². The number of aliphatic hydroxyl groups is 1. The highest BCUT2D eigenvalue weighted by Gasteiger charge is 2.02. The molecule has 0 amide bonds. The van der Waals surface area contributed by atoms with Gasteiger partial charge in [0.05, 0.1) is 18.2 Å². The first-order valence-corrected chi connectivity index (χ1v) is 6.83. The van der Waals surface area contributed by atoms with Crippen LogP contribution < -0.4 is 0 Å². The summed E-state index contributed by atoms with van der Waals surface area (Å²) >= 11 is 0. The second-order valence-electron chi connectivity index (χ2n) is 4.53. The van der Waals surface area contributed by atoms with Crippen LogP contribution in [0.2, 0.25) is 0 Å². The van der Waals surface area contributed by atoms with Crippen molar-refractivity contribution < 1.29 is 24.5 Å². The Balaban J connectivity index is 0. The molecule has 132 valence electrons. The van der Waals surface area contributed by atoms with Crippen molar-refractivity contribution in [3.63, 3.8) is 0 Å². The fraction of sp³-hybridized carbons (Fsp3) is 0.222. The summed E-state index contributed by atoms with van der Waals surface area (Å²) in [6, 6.07) is 14.0. The maximum absolute atomic E-state index is 10.9. The van der Waals surface area contributed by atoms with Crippen LogP contribution in [0.15, 0.2) is 48.5 Å². The van der Waals surface area contributed by atoms with Crippen molar-refractivity contribution in [1.82, 2.24) is 0 Å². The zero-order valence-electron chi connectivity index (χ0n) is 14.1. The molecule has 0 bridgehead atoms. The van der Waals surface area contributed by atoms with Crippen molar-refractivity contribution in [2.75, 3.05) is 14.2 Å². The Morgan fingerprint density at radius 1 is 0.792 bits per heavy atom. The first-order valence-electron chi connectivity index (χ1n) is 6.83. The molecule has 24 heavy (non-hydrogen) atoms. The van der Waals surface area contributed by atoms with Gasteiger partial charge in [0.2, 0.25) is 0 Å². The lowest BCUT2D eigenvalue weighted by molar-refractivity contribution is 0.0599. The van der Waals surface area contributed by atoms with E-state index in [0.717, 1.165) is 18.2 Å². The van der Waals surface area contributed by atoms with E-state index in [1.807, 2.05) is 26.0 Å². The summed E-state index contributed by atoms with van der Waals surface area (Å²) in [5, 5.41) is 15.5. The topological polar surface area (TPSA) is 83.8 Å². The minimum atomic E-state index is -0.875. The van der Waals surface area contributed by atoms with Gasteiger partial charge in [0.15, 0.2) is 0 Å². The van der Waals surface area contributed by atoms with Gasteiger partial charge in [0, 0.05) is 7.11 Å². The van der Waals surface area contributed by atoms with E-state index < -0.39 is 5.97 Å². The van der Waals surface area contributed by atoms with Crippen LogP contribution in [-0.2, 0) is 4.74 Å². The van der Waals surface area contributed by atoms with Crippen LogP contribution in [0.3, 0.4) is 0 Å². The molecule has 0 heterocycles. The normalized spacial score (nSPS) is 8.38. The number of aromatic carboxylic acids is 1. The van der Waals surface area contributed by atoms with Gasteiger partial charge in [-0.05, 0) is 38.1 Å². The molecular formula is C18H23ClO5. The highest BCUT2D eigenvalue weighted by atomic mass is 35.5. The molecule has 2 aromatic rings. The molecule has 2 aromatic carbocycles. The third-order valence-electron chi connectivity index (χ3n) is 2.77. The van der Waals surface area contributed by atoms with E-state index in [2.05, 4.69) is 4.74 Å². The number of ether oxygens (including phenoxy) is 1. The Hall–Kier alpha value is -2.37. The van der Waals surface area contributed by atoms with Crippen molar-refractivity contribution >= 4 is 24.3 Å². The van der Waals surface area contributed by atoms with E-state index in [4.69, 9.17) is 10.2 Å². The van der Waals surface area contributed by atoms with Gasteiger partial charge in [-0.2, -0.15) is 0 Å². The third-order valence-corrected chi connectivity index (χ3v) is 2.77. The number of benzene rings is 2. The molecule has 0 radical (unpaired) electrons. The molecule has 0 aromatic heterocycles. The number of hydrogen-bond acceptors (Lipinski definition) is 4. The minimum Gasteiger partial charge on any atom is -0.478 e. The molecule has 6 heteroatoms. The predicted octanol–water partition coefficient (Wildman–Crippen LogP) is 3.51. The number of esters is 1. The smallest absolute Gasteiger partial charge is 0.337 e. The first-order chi connectivity index (χ1) is 10.9. The van der Waals surface area contributed by atoms with Crippen LogP contribution in [-0.4, -0.2) is 36.4 Å². The largest absolute Gasteiger partial charge is 0.478 e. The molecule has 0 spiro atoms. The van der Waals surface area contributed by atoms with E-state index in [-0.39, 0.29) is 18.4 Å². The average molecular weight is 355 g/mol. The zero-order valence-corrected chi connectivity index (χ0v) is 15.0. The third kappa shape index (κ3) is 8.92. The molecule has 0 aliphatic carbocycles. The van der Waals surface area contributed by atoms with E-state index in [1.54, 1.807) is 36.4 Å². The summed E-state index contributed by atoms with van der Waals surface area (Å²) in [5.41, 5.74) is 3.14. The number of carboxylic acid groups (broad SMARTS) is 1. The van der Waals surface area contributed by atoms with Gasteiger partial charge in [-0.15, -0.1) is 12.4 Å². The fourth-order valence-electron chi connectivity index (χ4n) is 1.50. The number of carboxylic acids is 1. The second kappa shape index (κ2) is 13.1. The lowest BCUT2D eigenvalue weighted by Gasteiger charge is -1.97.